The van der Waals surface area contributed by atoms with Crippen LogP contribution in [0.25, 0.3) is 0 Å². The Balaban J connectivity index is 1.65. The standard InChI is InChI=1S/C76H129NO13/c1-3-5-7-9-11-13-15-17-19-21-23-24-25-26-27-28-29-30-31-32-33-34-35-36-37-38-39-40-42-44-46-48-50-52-54-56-58-60-68(81)77-64(65(80)59-57-55-53-51-49-47-45-43-41-22-20-18-16-14-12-10-8-6-4-2)63-87-75-73(86)71(84)74(67(62-79)89-75)90-76-72(85)70(83)69(82)66(61-78)88-76/h5,7,11,13,17,19,23-24,26-27,29-30,32-33,35-36,49,51,57,59,64-67,69-76,78-80,82-86H,3-4,6,8-10,12,14-16,18,20-22,25,28,31,34,37-48,50,52-56,58,60-63H2,1-2H3,(H,77,81)/b7-5-,13-11-,19-17-,24-23-,27-26-,30-29-,33-32-,36-35-,51-49+,59-57+. The Morgan fingerprint density at radius 2 is 0.778 bits per heavy atom. The summed E-state index contributed by atoms with van der Waals surface area (Å²) >= 11 is 0. The second kappa shape index (κ2) is 59.2. The molecule has 12 unspecified atom stereocenters. The largest absolute Gasteiger partial charge is 0.394 e. The number of nitrogens with one attached hydrogen (secondary N) is 1. The number of hydrogen-bond donors (Lipinski definition) is 9. The molecule has 2 fully saturated rings. The van der Waals surface area contributed by atoms with Crippen molar-refractivity contribution in [1.29, 1.82) is 0 Å². The van der Waals surface area contributed by atoms with Crippen LogP contribution in [-0.4, -0.2) is 140 Å². The summed E-state index contributed by atoms with van der Waals surface area (Å²) in [5.74, 6) is -0.255. The molecule has 2 rings (SSSR count). The van der Waals surface area contributed by atoms with Crippen LogP contribution in [0.3, 0.4) is 0 Å². The molecule has 0 bridgehead atoms. The number of rotatable bonds is 57. The Labute approximate surface area is 546 Å². The first-order valence-electron chi connectivity index (χ1n) is 35.8. The first-order valence-corrected chi connectivity index (χ1v) is 35.8. The number of amides is 1. The van der Waals surface area contributed by atoms with Crippen LogP contribution in [0.2, 0.25) is 0 Å². The average Bonchev–Trinajstić information content (AvgIpc) is 1.58. The molecule has 12 atom stereocenters. The molecule has 2 aliphatic rings. The Kier molecular flexibility index (Phi) is 54.2. The zero-order valence-corrected chi connectivity index (χ0v) is 56.1. The summed E-state index contributed by atoms with van der Waals surface area (Å²) in [5, 5.41) is 87.4. The van der Waals surface area contributed by atoms with Crippen LogP contribution < -0.4 is 5.32 Å². The van der Waals surface area contributed by atoms with Crippen molar-refractivity contribution >= 4 is 5.91 Å². The van der Waals surface area contributed by atoms with Crippen LogP contribution in [-0.2, 0) is 23.7 Å². The molecule has 2 heterocycles. The van der Waals surface area contributed by atoms with Crippen LogP contribution in [0, 0.1) is 0 Å². The Morgan fingerprint density at radius 1 is 0.411 bits per heavy atom. The van der Waals surface area contributed by atoms with Crippen molar-refractivity contribution < 1.29 is 64.6 Å². The minimum atomic E-state index is -1.80. The minimum Gasteiger partial charge on any atom is -0.394 e. The summed E-state index contributed by atoms with van der Waals surface area (Å²) in [6.45, 7) is 2.67. The molecule has 1 amide bonds. The van der Waals surface area contributed by atoms with E-state index in [-0.39, 0.29) is 18.9 Å². The molecule has 9 N–H and O–H groups in total. The number of aliphatic hydroxyl groups is 8. The van der Waals surface area contributed by atoms with Crippen molar-refractivity contribution in [2.24, 2.45) is 0 Å². The predicted molar refractivity (Wildman–Crippen MR) is 368 cm³/mol. The highest BCUT2D eigenvalue weighted by molar-refractivity contribution is 5.76. The number of hydrogen-bond acceptors (Lipinski definition) is 13. The Morgan fingerprint density at radius 3 is 1.22 bits per heavy atom. The molecular weight excluding hydrogens is 1130 g/mol. The van der Waals surface area contributed by atoms with E-state index in [0.29, 0.717) is 12.8 Å². The Bertz CT molecular complexity index is 1980. The fourth-order valence-corrected chi connectivity index (χ4v) is 11.0. The maximum absolute atomic E-state index is 13.3. The molecule has 14 nitrogen and oxygen atoms in total. The predicted octanol–water partition coefficient (Wildman–Crippen LogP) is 14.9. The molecule has 0 aliphatic carbocycles. The average molecular weight is 1260 g/mol. The lowest BCUT2D eigenvalue weighted by Crippen LogP contribution is -2.65. The third-order valence-corrected chi connectivity index (χ3v) is 16.6. The summed E-state index contributed by atoms with van der Waals surface area (Å²) in [6, 6.07) is -0.941. The van der Waals surface area contributed by atoms with E-state index in [9.17, 15) is 45.6 Å². The van der Waals surface area contributed by atoms with E-state index in [1.165, 1.54) is 135 Å². The van der Waals surface area contributed by atoms with Crippen molar-refractivity contribution in [2.45, 2.75) is 331 Å². The smallest absolute Gasteiger partial charge is 0.220 e. The highest BCUT2D eigenvalue weighted by Gasteiger charge is 2.51. The fraction of sp³-hybridized carbons (Fsp3) is 0.724. The van der Waals surface area contributed by atoms with Crippen molar-refractivity contribution in [3.05, 3.63) is 122 Å². The van der Waals surface area contributed by atoms with Crippen LogP contribution in [0.15, 0.2) is 122 Å². The van der Waals surface area contributed by atoms with Gasteiger partial charge in [0, 0.05) is 6.42 Å². The van der Waals surface area contributed by atoms with Gasteiger partial charge in [0.15, 0.2) is 12.6 Å². The van der Waals surface area contributed by atoms with Gasteiger partial charge in [0.05, 0.1) is 32.0 Å². The molecule has 0 aromatic rings. The SMILES string of the molecule is CC/C=C\C/C=C\C/C=C\C/C=C\C/C=C\C/C=C\C/C=C\C/C=C\CCCCCCCCCCCCCCC(=O)NC(COC1OC(CO)C(OC2OC(CO)C(O)C(O)C2O)C(O)C1O)C(O)/C=C/CC/C=C/CCCCCCCCCCCCCCC. The van der Waals surface area contributed by atoms with Gasteiger partial charge in [-0.15, -0.1) is 0 Å². The molecular formula is C76H129NO13. The van der Waals surface area contributed by atoms with E-state index in [1.807, 2.05) is 6.08 Å². The monoisotopic (exact) mass is 1260 g/mol. The van der Waals surface area contributed by atoms with Gasteiger partial charge in [-0.2, -0.15) is 0 Å². The maximum atomic E-state index is 13.3. The van der Waals surface area contributed by atoms with Gasteiger partial charge in [-0.25, -0.2) is 0 Å². The van der Waals surface area contributed by atoms with Gasteiger partial charge in [-0.1, -0.05) is 277 Å². The highest BCUT2D eigenvalue weighted by Crippen LogP contribution is 2.30. The number of aliphatic hydroxyl groups excluding tert-OH is 8. The molecule has 14 heteroatoms. The van der Waals surface area contributed by atoms with Crippen LogP contribution in [0.4, 0.5) is 0 Å². The van der Waals surface area contributed by atoms with Crippen LogP contribution in [0.1, 0.15) is 258 Å². The van der Waals surface area contributed by atoms with Gasteiger partial charge in [-0.05, 0) is 96.3 Å². The quantitative estimate of drug-likeness (QED) is 0.0204. The maximum Gasteiger partial charge on any atom is 0.220 e. The number of unbranched alkanes of at least 4 members (excludes halogenated alkanes) is 26. The van der Waals surface area contributed by atoms with Crippen LogP contribution >= 0.6 is 0 Å². The second-order valence-corrected chi connectivity index (χ2v) is 24.6. The second-order valence-electron chi connectivity index (χ2n) is 24.6. The Hall–Kier alpha value is -3.61. The first-order chi connectivity index (χ1) is 44.1. The number of allylic oxidation sites excluding steroid dienone is 19. The van der Waals surface area contributed by atoms with Crippen molar-refractivity contribution in [3.63, 3.8) is 0 Å². The van der Waals surface area contributed by atoms with Crippen molar-refractivity contribution in [3.8, 4) is 0 Å². The van der Waals surface area contributed by atoms with Gasteiger partial charge in [0.25, 0.3) is 0 Å². The highest BCUT2D eigenvalue weighted by atomic mass is 16.7. The van der Waals surface area contributed by atoms with Gasteiger partial charge >= 0.3 is 0 Å². The third-order valence-electron chi connectivity index (χ3n) is 16.6. The van der Waals surface area contributed by atoms with Crippen molar-refractivity contribution in [1.82, 2.24) is 5.32 Å². The molecule has 0 aromatic heterocycles. The summed E-state index contributed by atoms with van der Waals surface area (Å²) in [5.41, 5.74) is 0. The van der Waals surface area contributed by atoms with E-state index in [4.69, 9.17) is 18.9 Å². The summed E-state index contributed by atoms with van der Waals surface area (Å²) in [7, 11) is 0. The lowest BCUT2D eigenvalue weighted by Gasteiger charge is -2.46. The van der Waals surface area contributed by atoms with E-state index in [0.717, 1.165) is 89.9 Å². The fourth-order valence-electron chi connectivity index (χ4n) is 11.0. The number of ether oxygens (including phenoxy) is 4. The molecule has 0 radical (unpaired) electrons. The molecule has 516 valence electrons. The molecule has 0 aromatic carbocycles. The summed E-state index contributed by atoms with van der Waals surface area (Å²) in [4.78, 5) is 13.3. The number of carbonyl (C=O) groups is 1. The van der Waals surface area contributed by atoms with E-state index >= 15 is 0 Å². The van der Waals surface area contributed by atoms with E-state index < -0.39 is 86.8 Å². The molecule has 0 spiro atoms. The topological polar surface area (TPSA) is 228 Å². The minimum absolute atomic E-state index is 0.255. The molecule has 90 heavy (non-hydrogen) atoms. The zero-order valence-electron chi connectivity index (χ0n) is 56.1. The van der Waals surface area contributed by atoms with Gasteiger partial charge < -0.3 is 65.1 Å². The lowest BCUT2D eigenvalue weighted by atomic mass is 9.97. The normalized spacial score (nSPS) is 23.7. The van der Waals surface area contributed by atoms with Gasteiger partial charge in [0.1, 0.15) is 48.8 Å². The zero-order chi connectivity index (χ0) is 65.2. The summed E-state index contributed by atoms with van der Waals surface area (Å²) < 4.78 is 22.8. The number of carbonyl (C=O) groups excluding carboxylic acids is 1. The molecule has 2 aliphatic heterocycles. The van der Waals surface area contributed by atoms with Crippen LogP contribution in [0.5, 0.6) is 0 Å². The summed E-state index contributed by atoms with van der Waals surface area (Å²) in [6.07, 6.45) is 69.6. The van der Waals surface area contributed by atoms with Gasteiger partial charge in [0.2, 0.25) is 5.91 Å². The van der Waals surface area contributed by atoms with E-state index in [2.05, 4.69) is 129 Å². The van der Waals surface area contributed by atoms with Gasteiger partial charge in [-0.3, -0.25) is 4.79 Å². The lowest BCUT2D eigenvalue weighted by molar-refractivity contribution is -0.359. The van der Waals surface area contributed by atoms with E-state index in [1.54, 1.807) is 6.08 Å². The third kappa shape index (κ3) is 42.6. The first kappa shape index (κ1) is 82.5. The van der Waals surface area contributed by atoms with Crippen molar-refractivity contribution in [2.75, 3.05) is 19.8 Å². The molecule has 0 saturated carbocycles. The molecule has 2 saturated heterocycles.